The molecule has 2 fully saturated rings. The first-order valence-electron chi connectivity index (χ1n) is 36.6. The number of benzene rings is 9. The predicted octanol–water partition coefficient (Wildman–Crippen LogP) is 15.1. The number of carbonyl (C=O) groups excluding carboxylic acids is 8. The lowest BCUT2D eigenvalue weighted by molar-refractivity contribution is -0.145. The molecular weight excluding hydrogens is 1350 g/mol. The van der Waals surface area contributed by atoms with E-state index in [1.165, 1.54) is 0 Å². The van der Waals surface area contributed by atoms with Gasteiger partial charge in [0.15, 0.2) is 0 Å². The van der Waals surface area contributed by atoms with Gasteiger partial charge in [-0.25, -0.2) is 0 Å². The van der Waals surface area contributed by atoms with E-state index in [0.29, 0.717) is 36.2 Å². The van der Waals surface area contributed by atoms with Crippen LogP contribution >= 0.6 is 0 Å². The molecule has 4 aliphatic heterocycles. The quantitative estimate of drug-likeness (QED) is 0.00947. The number of rotatable bonds is 34. The summed E-state index contributed by atoms with van der Waals surface area (Å²) in [4.78, 5) is 123. The van der Waals surface area contributed by atoms with Gasteiger partial charge in [-0.05, 0) is 133 Å². The Morgan fingerprint density at radius 2 is 0.698 bits per heavy atom. The molecule has 552 valence electrons. The lowest BCUT2D eigenvalue weighted by atomic mass is 9.80. The van der Waals surface area contributed by atoms with Crippen LogP contribution in [-0.4, -0.2) is 147 Å². The highest BCUT2D eigenvalue weighted by Gasteiger charge is 2.47. The van der Waals surface area contributed by atoms with Crippen LogP contribution in [-0.2, 0) is 47.6 Å². The van der Waals surface area contributed by atoms with Crippen LogP contribution in [0.3, 0.4) is 0 Å². The van der Waals surface area contributed by atoms with E-state index in [-0.39, 0.29) is 203 Å². The Bertz CT molecular complexity index is 4380. The topological polar surface area (TPSA) is 266 Å². The van der Waals surface area contributed by atoms with Gasteiger partial charge in [0.2, 0.25) is 11.8 Å². The summed E-state index contributed by atoms with van der Waals surface area (Å²) in [5.74, 6) is -4.42. The summed E-state index contributed by atoms with van der Waals surface area (Å²) in [5.41, 5.74) is 3.46. The van der Waals surface area contributed by atoms with Crippen molar-refractivity contribution in [3.05, 3.63) is 166 Å². The molecule has 4 aliphatic rings. The largest absolute Gasteiger partial charge is 0.463 e. The molecule has 106 heavy (non-hydrogen) atoms. The molecule has 9 aromatic carbocycles. The Hall–Kier alpha value is -10.5. The van der Waals surface area contributed by atoms with Gasteiger partial charge in [-0.3, -0.25) is 48.2 Å². The van der Waals surface area contributed by atoms with E-state index in [4.69, 9.17) is 47.4 Å². The molecule has 22 nitrogen and oxygen atoms in total. The molecule has 22 heteroatoms. The van der Waals surface area contributed by atoms with Crippen molar-refractivity contribution >= 4 is 90.5 Å². The van der Waals surface area contributed by atoms with Crippen LogP contribution < -0.4 is 29.6 Å². The van der Waals surface area contributed by atoms with E-state index in [2.05, 4.69) is 10.6 Å². The van der Waals surface area contributed by atoms with Crippen LogP contribution in [0.15, 0.2) is 121 Å². The normalized spacial score (nSPS) is 15.9. The fourth-order valence-electron chi connectivity index (χ4n) is 13.8. The number of nitrogens with zero attached hydrogens (tertiary/aromatic N) is 2. The van der Waals surface area contributed by atoms with Gasteiger partial charge in [-0.1, -0.05) is 104 Å². The molecular formula is C84H88N4O18. The van der Waals surface area contributed by atoms with Gasteiger partial charge in [0, 0.05) is 95.4 Å². The van der Waals surface area contributed by atoms with Gasteiger partial charge in [0.25, 0.3) is 23.6 Å². The van der Waals surface area contributed by atoms with Crippen molar-refractivity contribution in [1.82, 2.24) is 20.4 Å². The molecule has 0 spiro atoms. The summed E-state index contributed by atoms with van der Waals surface area (Å²) in [7, 11) is 0. The van der Waals surface area contributed by atoms with Crippen molar-refractivity contribution in [3.63, 3.8) is 0 Å². The first-order chi connectivity index (χ1) is 51.1. The van der Waals surface area contributed by atoms with Gasteiger partial charge < -0.3 is 58.0 Å². The maximum Gasteiger partial charge on any atom is 0.307 e. The van der Waals surface area contributed by atoms with E-state index < -0.39 is 59.5 Å². The molecule has 0 aromatic heterocycles. The van der Waals surface area contributed by atoms with Crippen LogP contribution in [0.4, 0.5) is 0 Å². The summed E-state index contributed by atoms with van der Waals surface area (Å²) in [6.07, 6.45) is -1.09. The standard InChI is InChI=1S/C84H88N4O18/c1-11-97-31-27-63(79(91)85-29-25-69(89)101-43-57-41-99-57)87-81(93)59-37-65(103-53-21-13-17-49(33-53)45(3)4)73-75-67(105-55-23-15-19-51(35-55)47(7)8)39-61-72-62(84(96)88(83(61)95)64(28-32-98-12-2)80(92)86-30-26-70(90)102-44-58-42-100-58)40-68(106-56-24-16-20-52(36-56)48(9)10)76(78(72)75)74-66(38-60(82(87)94)71(59)77(73)74)104-54-22-14-18-50(34-54)46(5)6/h13-24,33-40,45-48,57-58,63-64H,11-12,25-32,41-44H2,1-10H3,(H,85,91)(H,86,92). The molecule has 4 unspecified atom stereocenters. The SMILES string of the molecule is CCOCCC(C(=O)NCCC(=O)OCC1CO1)N1C(=O)c2cc(Oc3cccc(C(C)C)c3)c3c4c(Oc5cccc(C(C)C)c5)cc5c6c(cc(Oc7cccc(C(C)C)c7)c(c7c(Oc8cccc(C(C)C)c8)cc(c2c37)C1=O)c64)C(=O)N(C(CCOCC)C(=O)NCCC(=O)OCC1CO1)C5=O. The zero-order chi connectivity index (χ0) is 74.8. The Kier molecular flexibility index (Phi) is 22.0. The summed E-state index contributed by atoms with van der Waals surface area (Å²) >= 11 is 0. The second kappa shape index (κ2) is 31.7. The van der Waals surface area contributed by atoms with Crippen LogP contribution in [0, 0.1) is 0 Å². The average molecular weight is 1440 g/mol. The lowest BCUT2D eigenvalue weighted by Crippen LogP contribution is -2.54. The van der Waals surface area contributed by atoms with E-state index in [0.717, 1.165) is 32.1 Å². The van der Waals surface area contributed by atoms with E-state index in [1.54, 1.807) is 62.4 Å². The van der Waals surface area contributed by atoms with Gasteiger partial charge in [0.1, 0.15) is 83.5 Å². The van der Waals surface area contributed by atoms with Crippen molar-refractivity contribution in [3.8, 4) is 46.0 Å². The molecule has 4 atom stereocenters. The Labute approximate surface area is 614 Å². The number of hydrogen-bond acceptors (Lipinski definition) is 18. The highest BCUT2D eigenvalue weighted by Crippen LogP contribution is 2.58. The molecule has 2 saturated heterocycles. The highest BCUT2D eigenvalue weighted by atomic mass is 16.6. The maximum atomic E-state index is 16.4. The summed E-state index contributed by atoms with van der Waals surface area (Å²) < 4.78 is 62.2. The zero-order valence-electron chi connectivity index (χ0n) is 61.3. The number of epoxide rings is 2. The number of esters is 2. The fourth-order valence-corrected chi connectivity index (χ4v) is 13.8. The average Bonchev–Trinajstić information content (AvgIpc) is 1.10. The van der Waals surface area contributed by atoms with Crippen molar-refractivity contribution in [2.45, 2.75) is 143 Å². The molecule has 4 heterocycles. The van der Waals surface area contributed by atoms with Crippen molar-refractivity contribution in [2.75, 3.05) is 65.9 Å². The highest BCUT2D eigenvalue weighted by molar-refractivity contribution is 6.45. The minimum Gasteiger partial charge on any atom is -0.463 e. The molecule has 6 amide bonds. The zero-order valence-corrected chi connectivity index (χ0v) is 61.3. The van der Waals surface area contributed by atoms with Crippen LogP contribution in [0.25, 0.3) is 43.1 Å². The van der Waals surface area contributed by atoms with E-state index in [9.17, 15) is 19.2 Å². The third-order valence-corrected chi connectivity index (χ3v) is 19.6. The molecule has 0 saturated carbocycles. The number of amides is 6. The van der Waals surface area contributed by atoms with Crippen LogP contribution in [0.2, 0.25) is 0 Å². The molecule has 0 aliphatic carbocycles. The number of imide groups is 2. The Morgan fingerprint density at radius 1 is 0.415 bits per heavy atom. The smallest absolute Gasteiger partial charge is 0.307 e. The maximum absolute atomic E-state index is 16.4. The Balaban J connectivity index is 1.13. The van der Waals surface area contributed by atoms with E-state index in [1.807, 2.05) is 128 Å². The summed E-state index contributed by atoms with van der Waals surface area (Å²) in [5, 5.41) is 7.40. The van der Waals surface area contributed by atoms with Crippen molar-refractivity contribution in [2.24, 2.45) is 0 Å². The van der Waals surface area contributed by atoms with Gasteiger partial charge in [0.05, 0.1) is 48.3 Å². The lowest BCUT2D eigenvalue weighted by Gasteiger charge is -2.36. The number of nitrogens with one attached hydrogen (secondary N) is 2. The number of carbonyl (C=O) groups is 8. The third-order valence-electron chi connectivity index (χ3n) is 19.6. The third kappa shape index (κ3) is 15.4. The molecule has 0 radical (unpaired) electrons. The number of fused-ring (bicyclic) bond motifs is 2. The predicted molar refractivity (Wildman–Crippen MR) is 398 cm³/mol. The number of ether oxygens (including phenoxy) is 10. The number of hydrogen-bond donors (Lipinski definition) is 2. The summed E-state index contributed by atoms with van der Waals surface area (Å²) in [6, 6.07) is 33.2. The fraction of sp³-hybridized carbons (Fsp3) is 0.381. The minimum absolute atomic E-state index is 0.0201. The van der Waals surface area contributed by atoms with Crippen LogP contribution in [0.1, 0.15) is 182 Å². The molecule has 9 aromatic rings. The molecule has 2 N–H and O–H groups in total. The van der Waals surface area contributed by atoms with Gasteiger partial charge >= 0.3 is 11.9 Å². The summed E-state index contributed by atoms with van der Waals surface area (Å²) in [6.45, 7) is 21.1. The second-order valence-electron chi connectivity index (χ2n) is 28.3. The Morgan fingerprint density at radius 3 is 0.953 bits per heavy atom. The van der Waals surface area contributed by atoms with Crippen molar-refractivity contribution < 1.29 is 85.7 Å². The first-order valence-corrected chi connectivity index (χ1v) is 36.6. The van der Waals surface area contributed by atoms with Crippen molar-refractivity contribution in [1.29, 1.82) is 0 Å². The monoisotopic (exact) mass is 1440 g/mol. The van der Waals surface area contributed by atoms with E-state index >= 15 is 19.2 Å². The molecule has 13 rings (SSSR count). The second-order valence-corrected chi connectivity index (χ2v) is 28.3. The van der Waals surface area contributed by atoms with Crippen LogP contribution in [0.5, 0.6) is 46.0 Å². The molecule has 0 bridgehead atoms. The van der Waals surface area contributed by atoms with Gasteiger partial charge in [-0.15, -0.1) is 0 Å². The minimum atomic E-state index is -1.51. The van der Waals surface area contributed by atoms with Gasteiger partial charge in [-0.2, -0.15) is 0 Å². The first kappa shape index (κ1) is 73.8.